The molecule has 1 aromatic heterocycles. The van der Waals surface area contributed by atoms with Crippen molar-refractivity contribution >= 4 is 34.8 Å². The van der Waals surface area contributed by atoms with Gasteiger partial charge in [0.2, 0.25) is 11.8 Å². The molecular weight excluding hydrogens is 370 g/mol. The Labute approximate surface area is 159 Å². The number of hydrogen-bond acceptors (Lipinski definition) is 6. The second kappa shape index (κ2) is 8.17. The summed E-state index contributed by atoms with van der Waals surface area (Å²) in [6.07, 6.45) is 0.116. The Hall–Kier alpha value is -2.94. The minimum atomic E-state index is -1.10. The van der Waals surface area contributed by atoms with Gasteiger partial charge in [-0.2, -0.15) is 0 Å². The largest absolute Gasteiger partial charge is 0.492 e. The summed E-state index contributed by atoms with van der Waals surface area (Å²) in [6, 6.07) is 7.24. The Morgan fingerprint density at radius 3 is 2.89 bits per heavy atom. The van der Waals surface area contributed by atoms with Gasteiger partial charge < -0.3 is 20.1 Å². The van der Waals surface area contributed by atoms with Gasteiger partial charge >= 0.3 is 5.97 Å². The maximum Gasteiger partial charge on any atom is 0.355 e. The van der Waals surface area contributed by atoms with Crippen molar-refractivity contribution in [1.29, 1.82) is 0 Å². The van der Waals surface area contributed by atoms with E-state index in [4.69, 9.17) is 9.84 Å². The number of amides is 2. The van der Waals surface area contributed by atoms with E-state index in [1.165, 1.54) is 16.7 Å². The smallest absolute Gasteiger partial charge is 0.355 e. The van der Waals surface area contributed by atoms with Crippen LogP contribution in [0, 0.1) is 5.92 Å². The minimum absolute atomic E-state index is 0.0426. The zero-order valence-corrected chi connectivity index (χ0v) is 15.5. The summed E-state index contributed by atoms with van der Waals surface area (Å²) >= 11 is 1.17. The highest BCUT2D eigenvalue weighted by Gasteiger charge is 2.36. The molecule has 0 bridgehead atoms. The highest BCUT2D eigenvalue weighted by Crippen LogP contribution is 2.33. The number of carbonyl (C=O) groups excluding carboxylic acids is 2. The highest BCUT2D eigenvalue weighted by molar-refractivity contribution is 7.09. The number of nitrogens with one attached hydrogen (secondary N) is 1. The molecule has 2 heterocycles. The molecule has 2 amide bonds. The van der Waals surface area contributed by atoms with Gasteiger partial charge in [0, 0.05) is 18.3 Å². The van der Waals surface area contributed by atoms with Gasteiger partial charge in [0.25, 0.3) is 0 Å². The van der Waals surface area contributed by atoms with Gasteiger partial charge in [0.15, 0.2) is 5.69 Å². The zero-order chi connectivity index (χ0) is 19.4. The minimum Gasteiger partial charge on any atom is -0.492 e. The third-order valence-electron chi connectivity index (χ3n) is 4.14. The summed E-state index contributed by atoms with van der Waals surface area (Å²) in [5, 5.41) is 13.5. The fourth-order valence-electron chi connectivity index (χ4n) is 2.87. The normalized spacial score (nSPS) is 16.4. The molecule has 27 heavy (non-hydrogen) atoms. The number of benzene rings is 1. The number of nitrogens with zero attached hydrogens (tertiary/aromatic N) is 2. The van der Waals surface area contributed by atoms with Crippen LogP contribution in [0.1, 0.15) is 28.8 Å². The summed E-state index contributed by atoms with van der Waals surface area (Å²) in [6.45, 7) is 2.76. The van der Waals surface area contributed by atoms with E-state index in [-0.39, 0.29) is 37.0 Å². The number of aromatic carboxylic acids is 1. The highest BCUT2D eigenvalue weighted by atomic mass is 32.1. The molecule has 0 aliphatic carbocycles. The van der Waals surface area contributed by atoms with Crippen LogP contribution in [-0.2, 0) is 16.1 Å². The Morgan fingerprint density at radius 2 is 2.19 bits per heavy atom. The number of para-hydroxylation sites is 2. The van der Waals surface area contributed by atoms with Crippen molar-refractivity contribution in [3.8, 4) is 5.75 Å². The van der Waals surface area contributed by atoms with E-state index in [0.717, 1.165) is 0 Å². The predicted octanol–water partition coefficient (Wildman–Crippen LogP) is 1.91. The molecule has 9 heteroatoms. The molecule has 1 aliphatic heterocycles. The van der Waals surface area contributed by atoms with Gasteiger partial charge in [0.1, 0.15) is 10.8 Å². The van der Waals surface area contributed by atoms with E-state index >= 15 is 0 Å². The van der Waals surface area contributed by atoms with Crippen molar-refractivity contribution in [2.24, 2.45) is 5.92 Å². The molecular formula is C18H19N3O5S. The Kier molecular flexibility index (Phi) is 5.70. The van der Waals surface area contributed by atoms with Gasteiger partial charge in [-0.1, -0.05) is 12.1 Å². The second-order valence-electron chi connectivity index (χ2n) is 5.96. The van der Waals surface area contributed by atoms with Crippen molar-refractivity contribution in [3.63, 3.8) is 0 Å². The maximum absolute atomic E-state index is 12.4. The van der Waals surface area contributed by atoms with Crippen LogP contribution in [0.25, 0.3) is 0 Å². The van der Waals surface area contributed by atoms with Crippen LogP contribution in [0.15, 0.2) is 29.6 Å². The summed E-state index contributed by atoms with van der Waals surface area (Å²) in [5.41, 5.74) is 0.615. The molecule has 2 N–H and O–H groups in total. The number of carboxylic acid groups (broad SMARTS) is 1. The first kappa shape index (κ1) is 18.8. The number of anilines is 1. The maximum atomic E-state index is 12.4. The van der Waals surface area contributed by atoms with Crippen molar-refractivity contribution in [1.82, 2.24) is 10.3 Å². The molecule has 2 aromatic rings. The molecule has 0 spiro atoms. The molecule has 3 rings (SSSR count). The Morgan fingerprint density at radius 1 is 1.41 bits per heavy atom. The van der Waals surface area contributed by atoms with Gasteiger partial charge in [-0.25, -0.2) is 9.78 Å². The molecule has 142 valence electrons. The van der Waals surface area contributed by atoms with Gasteiger partial charge in [-0.15, -0.1) is 11.3 Å². The molecule has 8 nitrogen and oxygen atoms in total. The van der Waals surface area contributed by atoms with Crippen molar-refractivity contribution in [3.05, 3.63) is 40.3 Å². The molecule has 1 aliphatic rings. The lowest BCUT2D eigenvalue weighted by Gasteiger charge is -2.20. The van der Waals surface area contributed by atoms with E-state index in [0.29, 0.717) is 23.1 Å². The average Bonchev–Trinajstić information content (AvgIpc) is 3.27. The van der Waals surface area contributed by atoms with Gasteiger partial charge in [0.05, 0.1) is 24.8 Å². The third kappa shape index (κ3) is 4.25. The SMILES string of the molecule is CCOc1ccccc1N1C[C@@H](C(=O)NCc2nc(C(=O)O)cs2)CC1=O. The number of aromatic nitrogens is 1. The standard InChI is InChI=1S/C18H19N3O5S/c1-2-26-14-6-4-3-5-13(14)21-9-11(7-16(21)22)17(23)19-8-15-20-12(10-27-15)18(24)25/h3-6,10-11H,2,7-9H2,1H3,(H,19,23)(H,24,25)/t11-/m0/s1. The number of hydrogen-bond donors (Lipinski definition) is 2. The number of thiazole rings is 1. The summed E-state index contributed by atoms with van der Waals surface area (Å²) in [5.74, 6) is -1.37. The molecule has 1 saturated heterocycles. The van der Waals surface area contributed by atoms with Crippen LogP contribution < -0.4 is 15.0 Å². The van der Waals surface area contributed by atoms with Crippen molar-refractivity contribution in [2.45, 2.75) is 19.9 Å². The van der Waals surface area contributed by atoms with E-state index in [1.54, 1.807) is 17.0 Å². The molecule has 1 aromatic carbocycles. The van der Waals surface area contributed by atoms with Gasteiger partial charge in [-0.3, -0.25) is 9.59 Å². The molecule has 1 fully saturated rings. The molecule has 0 unspecified atom stereocenters. The predicted molar refractivity (Wildman–Crippen MR) is 99.0 cm³/mol. The number of ether oxygens (including phenoxy) is 1. The lowest BCUT2D eigenvalue weighted by Crippen LogP contribution is -2.32. The number of rotatable bonds is 7. The fraction of sp³-hybridized carbons (Fsp3) is 0.333. The zero-order valence-electron chi connectivity index (χ0n) is 14.7. The summed E-state index contributed by atoms with van der Waals surface area (Å²) in [7, 11) is 0. The van der Waals surface area contributed by atoms with Gasteiger partial charge in [-0.05, 0) is 19.1 Å². The first-order valence-corrected chi connectivity index (χ1v) is 9.35. The van der Waals surface area contributed by atoms with E-state index in [9.17, 15) is 14.4 Å². The number of carbonyl (C=O) groups is 3. The molecule has 0 radical (unpaired) electrons. The first-order valence-electron chi connectivity index (χ1n) is 8.47. The summed E-state index contributed by atoms with van der Waals surface area (Å²) < 4.78 is 5.57. The van der Waals surface area contributed by atoms with Crippen LogP contribution >= 0.6 is 11.3 Å². The first-order chi connectivity index (χ1) is 13.0. The lowest BCUT2D eigenvalue weighted by atomic mass is 10.1. The molecule has 1 atom stereocenters. The van der Waals surface area contributed by atoms with Crippen molar-refractivity contribution < 1.29 is 24.2 Å². The van der Waals surface area contributed by atoms with Crippen LogP contribution in [-0.4, -0.2) is 41.0 Å². The van der Waals surface area contributed by atoms with E-state index in [1.807, 2.05) is 19.1 Å². The Bertz CT molecular complexity index is 866. The molecule has 0 saturated carbocycles. The topological polar surface area (TPSA) is 109 Å². The summed E-state index contributed by atoms with van der Waals surface area (Å²) in [4.78, 5) is 41.2. The second-order valence-corrected chi connectivity index (χ2v) is 6.90. The van der Waals surface area contributed by atoms with Crippen LogP contribution in [0.5, 0.6) is 5.75 Å². The lowest BCUT2D eigenvalue weighted by molar-refractivity contribution is -0.126. The average molecular weight is 389 g/mol. The van der Waals surface area contributed by atoms with Crippen molar-refractivity contribution in [2.75, 3.05) is 18.1 Å². The van der Waals surface area contributed by atoms with E-state index in [2.05, 4.69) is 10.3 Å². The van der Waals surface area contributed by atoms with Crippen LogP contribution in [0.4, 0.5) is 5.69 Å². The monoisotopic (exact) mass is 389 g/mol. The van der Waals surface area contributed by atoms with E-state index < -0.39 is 11.9 Å². The number of carboxylic acids is 1. The van der Waals surface area contributed by atoms with Crippen LogP contribution in [0.3, 0.4) is 0 Å². The third-order valence-corrected chi connectivity index (χ3v) is 4.99. The Balaban J connectivity index is 1.62. The quantitative estimate of drug-likeness (QED) is 0.749. The fourth-order valence-corrected chi connectivity index (χ4v) is 3.58. The van der Waals surface area contributed by atoms with Crippen LogP contribution in [0.2, 0.25) is 0 Å².